The van der Waals surface area contributed by atoms with Crippen molar-refractivity contribution in [2.45, 2.75) is 49.4 Å². The van der Waals surface area contributed by atoms with E-state index >= 15 is 0 Å². The van der Waals surface area contributed by atoms with Crippen molar-refractivity contribution in [1.29, 1.82) is 0 Å². The van der Waals surface area contributed by atoms with Crippen molar-refractivity contribution < 1.29 is 45.9 Å². The molecule has 0 bridgehead atoms. The van der Waals surface area contributed by atoms with Gasteiger partial charge in [-0.3, -0.25) is 0 Å². The first-order chi connectivity index (χ1) is 18.8. The summed E-state index contributed by atoms with van der Waals surface area (Å²) in [5.74, 6) is -4.74. The number of urea groups is 1. The molecule has 0 unspecified atom stereocenters. The third-order valence-corrected chi connectivity index (χ3v) is 7.92. The molecule has 1 heterocycles. The van der Waals surface area contributed by atoms with Crippen LogP contribution in [0.15, 0.2) is 30.3 Å². The Kier molecular flexibility index (Phi) is 8.36. The van der Waals surface area contributed by atoms with Crippen molar-refractivity contribution in [2.24, 2.45) is 0 Å². The number of carbonyl (C=O) groups excluding carboxylic acids is 2. The molecule has 2 aromatic rings. The van der Waals surface area contributed by atoms with E-state index in [9.17, 15) is 31.5 Å². The molecular weight excluding hydrogens is 565 g/mol. The monoisotopic (exact) mass is 591 g/mol. The van der Waals surface area contributed by atoms with E-state index in [1.165, 1.54) is 14.2 Å². The average molecular weight is 592 g/mol. The Morgan fingerprint density at radius 2 is 1.80 bits per heavy atom. The highest BCUT2D eigenvalue weighted by atomic mass is 35.5. The number of hydrogen-bond acceptors (Lipinski definition) is 6. The number of halogens is 6. The number of likely N-dealkylation sites (tertiary alicyclic amines) is 1. The fraction of sp³-hybridized carbons (Fsp3) is 0.462. The summed E-state index contributed by atoms with van der Waals surface area (Å²) in [6, 6.07) is 4.94. The molecule has 2 aromatic carbocycles. The second-order valence-corrected chi connectivity index (χ2v) is 10.2. The van der Waals surface area contributed by atoms with E-state index in [4.69, 9.17) is 21.1 Å². The number of alkyl halides is 3. The van der Waals surface area contributed by atoms with Gasteiger partial charge >= 0.3 is 18.2 Å². The van der Waals surface area contributed by atoms with Crippen molar-refractivity contribution in [1.82, 2.24) is 10.2 Å². The highest BCUT2D eigenvalue weighted by Crippen LogP contribution is 2.50. The molecule has 2 fully saturated rings. The maximum atomic E-state index is 14.7. The first-order valence-electron chi connectivity index (χ1n) is 12.3. The number of amides is 2. The molecule has 1 aliphatic heterocycles. The lowest BCUT2D eigenvalue weighted by molar-refractivity contribution is -0.200. The minimum absolute atomic E-state index is 0.101. The fourth-order valence-corrected chi connectivity index (χ4v) is 5.81. The Labute approximate surface area is 231 Å². The summed E-state index contributed by atoms with van der Waals surface area (Å²) in [6.07, 6.45) is -3.42. The summed E-state index contributed by atoms with van der Waals surface area (Å²) >= 11 is 5.66. The molecule has 1 saturated carbocycles. The van der Waals surface area contributed by atoms with Gasteiger partial charge in [0.15, 0.2) is 28.8 Å². The van der Waals surface area contributed by atoms with E-state index < -0.39 is 46.6 Å². The number of anilines is 1. The molecule has 2 aliphatic rings. The first kappa shape index (κ1) is 29.7. The van der Waals surface area contributed by atoms with Gasteiger partial charge in [-0.05, 0) is 69.1 Å². The van der Waals surface area contributed by atoms with Crippen LogP contribution in [0, 0.1) is 11.6 Å². The van der Waals surface area contributed by atoms with Crippen LogP contribution in [-0.2, 0) is 15.0 Å². The topological polar surface area (TPSA) is 80.3 Å². The van der Waals surface area contributed by atoms with E-state index in [2.05, 4.69) is 15.1 Å². The molecule has 40 heavy (non-hydrogen) atoms. The molecule has 14 heteroatoms. The van der Waals surface area contributed by atoms with E-state index in [-0.39, 0.29) is 16.5 Å². The number of rotatable bonds is 5. The summed E-state index contributed by atoms with van der Waals surface area (Å²) in [7, 11) is 4.99. The standard InChI is InChI=1S/C26H27ClF5N3O5/c1-34-11-10-25(14-4-7-18(38-2)19(12-14)39-3)9-8-15(13-20(25)34)33-24(37)35(40-23(36)26(30,31)32)22-17(28)6-5-16(27)21(22)29/h4-7,12,15,20H,8-11,13H2,1-3H3,(H,33,37)/t15-,20+,25+/m1/s1. The Balaban J connectivity index is 1.60. The molecule has 3 atom stereocenters. The van der Waals surface area contributed by atoms with Crippen LogP contribution in [0.25, 0.3) is 0 Å². The lowest BCUT2D eigenvalue weighted by atomic mass is 9.65. The number of benzene rings is 2. The summed E-state index contributed by atoms with van der Waals surface area (Å²) in [4.78, 5) is 31.0. The second kappa shape index (κ2) is 11.3. The molecular formula is C26H27ClF5N3O5. The SMILES string of the molecule is COc1ccc([C@@]23CC[C@@H](NC(=O)N(OC(=O)C(F)(F)F)c4c(F)ccc(Cl)c4F)C[C@@H]2N(C)CC3)cc1OC. The maximum Gasteiger partial charge on any atom is 0.493 e. The molecule has 4 rings (SSSR count). The van der Waals surface area contributed by atoms with Crippen LogP contribution in [0.5, 0.6) is 11.5 Å². The molecule has 2 amide bonds. The van der Waals surface area contributed by atoms with E-state index in [0.29, 0.717) is 36.8 Å². The maximum absolute atomic E-state index is 14.7. The number of hydrogen-bond donors (Lipinski definition) is 1. The van der Waals surface area contributed by atoms with Gasteiger partial charge in [0.1, 0.15) is 0 Å². The van der Waals surface area contributed by atoms with Crippen LogP contribution in [0.1, 0.15) is 31.2 Å². The Bertz CT molecular complexity index is 1300. The van der Waals surface area contributed by atoms with Gasteiger partial charge in [0.25, 0.3) is 0 Å². The minimum Gasteiger partial charge on any atom is -0.493 e. The minimum atomic E-state index is -5.54. The zero-order chi connectivity index (χ0) is 29.4. The summed E-state index contributed by atoms with van der Waals surface area (Å²) in [5, 5.41) is 1.42. The van der Waals surface area contributed by atoms with Gasteiger partial charge in [0.05, 0.1) is 19.2 Å². The highest BCUT2D eigenvalue weighted by Gasteiger charge is 2.51. The van der Waals surface area contributed by atoms with E-state index in [0.717, 1.165) is 24.6 Å². The molecule has 0 radical (unpaired) electrons. The van der Waals surface area contributed by atoms with Gasteiger partial charge < -0.3 is 24.5 Å². The normalized spacial score (nSPS) is 22.8. The number of nitrogens with one attached hydrogen (secondary N) is 1. The summed E-state index contributed by atoms with van der Waals surface area (Å²) in [5.41, 5.74) is -0.660. The highest BCUT2D eigenvalue weighted by molar-refractivity contribution is 6.31. The number of nitrogens with zero attached hydrogens (tertiary/aromatic N) is 2. The van der Waals surface area contributed by atoms with E-state index in [1.54, 1.807) is 0 Å². The molecule has 1 aliphatic carbocycles. The van der Waals surface area contributed by atoms with Gasteiger partial charge in [0, 0.05) is 17.5 Å². The van der Waals surface area contributed by atoms with Crippen LogP contribution >= 0.6 is 11.6 Å². The quantitative estimate of drug-likeness (QED) is 0.286. The lowest BCUT2D eigenvalue weighted by Crippen LogP contribution is -2.54. The van der Waals surface area contributed by atoms with Crippen LogP contribution in [0.3, 0.4) is 0 Å². The van der Waals surface area contributed by atoms with Crippen LogP contribution in [-0.4, -0.2) is 63.0 Å². The molecule has 1 N–H and O–H groups in total. The third kappa shape index (κ3) is 5.49. The number of carbonyl (C=O) groups is 2. The summed E-state index contributed by atoms with van der Waals surface area (Å²) in [6.45, 7) is 0.744. The number of hydroxylamine groups is 1. The van der Waals surface area contributed by atoms with Gasteiger partial charge in [-0.2, -0.15) is 13.2 Å². The molecule has 218 valence electrons. The number of likely N-dealkylation sites (N-methyl/N-ethyl adjacent to an activating group) is 1. The number of methoxy groups -OCH3 is 2. The third-order valence-electron chi connectivity index (χ3n) is 7.63. The predicted molar refractivity (Wildman–Crippen MR) is 134 cm³/mol. The van der Waals surface area contributed by atoms with Gasteiger partial charge in [-0.25, -0.2) is 18.4 Å². The first-order valence-corrected chi connectivity index (χ1v) is 12.7. The number of ether oxygens (including phenoxy) is 2. The Hall–Kier alpha value is -3.32. The van der Waals surface area contributed by atoms with Crippen molar-refractivity contribution in [2.75, 3.05) is 32.9 Å². The largest absolute Gasteiger partial charge is 0.493 e. The van der Waals surface area contributed by atoms with Crippen LogP contribution in [0.4, 0.5) is 32.4 Å². The average Bonchev–Trinajstić information content (AvgIpc) is 3.26. The van der Waals surface area contributed by atoms with Crippen LogP contribution < -0.4 is 19.9 Å². The van der Waals surface area contributed by atoms with Gasteiger partial charge in [-0.1, -0.05) is 17.7 Å². The molecule has 0 aromatic heterocycles. The number of fused-ring (bicyclic) bond motifs is 1. The zero-order valence-corrected chi connectivity index (χ0v) is 22.5. The van der Waals surface area contributed by atoms with Crippen molar-refractivity contribution in [3.63, 3.8) is 0 Å². The van der Waals surface area contributed by atoms with E-state index in [1.807, 2.05) is 25.2 Å². The van der Waals surface area contributed by atoms with Crippen molar-refractivity contribution in [3.05, 3.63) is 52.6 Å². The molecule has 1 saturated heterocycles. The smallest absolute Gasteiger partial charge is 0.493 e. The Morgan fingerprint density at radius 1 is 1.10 bits per heavy atom. The predicted octanol–water partition coefficient (Wildman–Crippen LogP) is 5.37. The molecule has 8 nitrogen and oxygen atoms in total. The van der Waals surface area contributed by atoms with Crippen LogP contribution in [0.2, 0.25) is 5.02 Å². The van der Waals surface area contributed by atoms with Crippen molar-refractivity contribution >= 4 is 29.3 Å². The molecule has 0 spiro atoms. The van der Waals surface area contributed by atoms with Crippen molar-refractivity contribution in [3.8, 4) is 11.5 Å². The van der Waals surface area contributed by atoms with Gasteiger partial charge in [-0.15, -0.1) is 5.06 Å². The second-order valence-electron chi connectivity index (χ2n) is 9.76. The zero-order valence-electron chi connectivity index (χ0n) is 21.8. The Morgan fingerprint density at radius 3 is 2.45 bits per heavy atom. The van der Waals surface area contributed by atoms with Gasteiger partial charge in [0.2, 0.25) is 0 Å². The fourth-order valence-electron chi connectivity index (χ4n) is 5.65. The lowest BCUT2D eigenvalue weighted by Gasteiger charge is -2.45. The summed E-state index contributed by atoms with van der Waals surface area (Å²) < 4.78 is 78.9.